The molecule has 6 nitrogen and oxygen atoms in total. The number of benzene rings is 2. The smallest absolute Gasteiger partial charge is 0.259 e. The number of carbonyl (C=O) groups is 2. The van der Waals surface area contributed by atoms with Crippen LogP contribution in [-0.4, -0.2) is 44.5 Å². The van der Waals surface area contributed by atoms with Gasteiger partial charge in [-0.25, -0.2) is 0 Å². The predicted molar refractivity (Wildman–Crippen MR) is 109 cm³/mol. The second-order valence-electron chi connectivity index (χ2n) is 6.67. The highest BCUT2D eigenvalue weighted by Gasteiger charge is 2.18. The minimum atomic E-state index is -0.198. The fourth-order valence-corrected chi connectivity index (χ4v) is 2.74. The Balaban J connectivity index is 2.05. The average molecular weight is 384 g/mol. The minimum Gasteiger partial charge on any atom is -0.497 e. The van der Waals surface area contributed by atoms with Crippen molar-refractivity contribution in [2.45, 2.75) is 25.8 Å². The van der Waals surface area contributed by atoms with Crippen molar-refractivity contribution in [1.29, 1.82) is 0 Å². The standard InChI is InChI=1S/C22H28N2O4/c1-5-19(23-21(25)14-16-10-12-17(27-4)13-11-16)18-8-6-7-9-20(18)28-15-22(26)24(2)3/h6-13,19H,5,14-15H2,1-4H3,(H,23,25). The van der Waals surface area contributed by atoms with Gasteiger partial charge in [0.2, 0.25) is 5.91 Å². The number of hydrogen-bond donors (Lipinski definition) is 1. The fraction of sp³-hybridized carbons (Fsp3) is 0.364. The maximum absolute atomic E-state index is 12.5. The number of carbonyl (C=O) groups excluding carboxylic acids is 2. The summed E-state index contributed by atoms with van der Waals surface area (Å²) in [6, 6.07) is 14.7. The summed E-state index contributed by atoms with van der Waals surface area (Å²) in [7, 11) is 4.98. The molecule has 0 aliphatic rings. The van der Waals surface area contributed by atoms with Gasteiger partial charge in [-0.15, -0.1) is 0 Å². The minimum absolute atomic E-state index is 0.0414. The van der Waals surface area contributed by atoms with Gasteiger partial charge in [0, 0.05) is 19.7 Å². The van der Waals surface area contributed by atoms with Gasteiger partial charge < -0.3 is 19.7 Å². The maximum Gasteiger partial charge on any atom is 0.259 e. The van der Waals surface area contributed by atoms with Crippen molar-refractivity contribution in [3.8, 4) is 11.5 Å². The van der Waals surface area contributed by atoms with Crippen LogP contribution in [0.1, 0.15) is 30.5 Å². The number of methoxy groups -OCH3 is 1. The summed E-state index contributed by atoms with van der Waals surface area (Å²) < 4.78 is 10.9. The molecule has 0 heterocycles. The van der Waals surface area contributed by atoms with E-state index in [1.807, 2.05) is 55.5 Å². The molecule has 2 amide bonds. The maximum atomic E-state index is 12.5. The van der Waals surface area contributed by atoms with E-state index < -0.39 is 0 Å². The number of nitrogens with zero attached hydrogens (tertiary/aromatic N) is 1. The molecule has 150 valence electrons. The molecule has 0 radical (unpaired) electrons. The van der Waals surface area contributed by atoms with E-state index >= 15 is 0 Å². The topological polar surface area (TPSA) is 67.9 Å². The van der Waals surface area contributed by atoms with E-state index in [2.05, 4.69) is 5.32 Å². The summed E-state index contributed by atoms with van der Waals surface area (Å²) in [6.07, 6.45) is 0.985. The normalized spacial score (nSPS) is 11.4. The van der Waals surface area contributed by atoms with Crippen molar-refractivity contribution in [3.63, 3.8) is 0 Å². The average Bonchev–Trinajstić information content (AvgIpc) is 2.71. The highest BCUT2D eigenvalue weighted by molar-refractivity contribution is 5.79. The van der Waals surface area contributed by atoms with Crippen LogP contribution >= 0.6 is 0 Å². The van der Waals surface area contributed by atoms with Gasteiger partial charge in [0.05, 0.1) is 19.6 Å². The summed E-state index contributed by atoms with van der Waals surface area (Å²) in [5.74, 6) is 1.17. The summed E-state index contributed by atoms with van der Waals surface area (Å²) >= 11 is 0. The first-order valence-corrected chi connectivity index (χ1v) is 9.28. The van der Waals surface area contributed by atoms with Gasteiger partial charge in [0.25, 0.3) is 5.91 Å². The number of amides is 2. The Morgan fingerprint density at radius 2 is 1.75 bits per heavy atom. The zero-order valence-electron chi connectivity index (χ0n) is 16.9. The van der Waals surface area contributed by atoms with Crippen LogP contribution < -0.4 is 14.8 Å². The summed E-state index contributed by atoms with van der Waals surface area (Å²) in [4.78, 5) is 25.8. The number of likely N-dealkylation sites (N-methyl/N-ethyl adjacent to an activating group) is 1. The van der Waals surface area contributed by atoms with E-state index in [9.17, 15) is 9.59 Å². The van der Waals surface area contributed by atoms with Crippen molar-refractivity contribution in [1.82, 2.24) is 10.2 Å². The van der Waals surface area contributed by atoms with E-state index in [-0.39, 0.29) is 30.9 Å². The molecule has 0 fully saturated rings. The largest absolute Gasteiger partial charge is 0.497 e. The number of hydrogen-bond acceptors (Lipinski definition) is 4. The molecule has 0 bridgehead atoms. The van der Waals surface area contributed by atoms with E-state index in [4.69, 9.17) is 9.47 Å². The highest BCUT2D eigenvalue weighted by atomic mass is 16.5. The second-order valence-corrected chi connectivity index (χ2v) is 6.67. The van der Waals surface area contributed by atoms with E-state index in [0.29, 0.717) is 12.2 Å². The molecule has 2 aromatic carbocycles. The lowest BCUT2D eigenvalue weighted by atomic mass is 10.0. The molecule has 0 aliphatic carbocycles. The molecule has 0 aromatic heterocycles. The number of rotatable bonds is 9. The Kier molecular flexibility index (Phi) is 7.87. The Bertz CT molecular complexity index is 787. The number of nitrogens with one attached hydrogen (secondary N) is 1. The molecule has 6 heteroatoms. The lowest BCUT2D eigenvalue weighted by Gasteiger charge is -2.21. The Hall–Kier alpha value is -3.02. The van der Waals surface area contributed by atoms with Crippen LogP contribution in [0.25, 0.3) is 0 Å². The molecule has 2 rings (SSSR count). The van der Waals surface area contributed by atoms with Crippen molar-refractivity contribution >= 4 is 11.8 Å². The quantitative estimate of drug-likeness (QED) is 0.722. The van der Waals surface area contributed by atoms with Gasteiger partial charge in [0.1, 0.15) is 11.5 Å². The van der Waals surface area contributed by atoms with E-state index in [0.717, 1.165) is 16.9 Å². The van der Waals surface area contributed by atoms with E-state index in [1.165, 1.54) is 4.90 Å². The molecule has 0 spiro atoms. The Morgan fingerprint density at radius 1 is 1.07 bits per heavy atom. The summed E-state index contributed by atoms with van der Waals surface area (Å²) in [6.45, 7) is 1.96. The molecule has 0 saturated heterocycles. The predicted octanol–water partition coefficient (Wildman–Crippen LogP) is 2.97. The Labute approximate surface area is 166 Å². The van der Waals surface area contributed by atoms with Crippen LogP contribution in [0.4, 0.5) is 0 Å². The molecule has 1 atom stereocenters. The van der Waals surface area contributed by atoms with Gasteiger partial charge in [0.15, 0.2) is 6.61 Å². The molecule has 1 N–H and O–H groups in total. The third-order valence-electron chi connectivity index (χ3n) is 4.41. The molecular weight excluding hydrogens is 356 g/mol. The summed E-state index contributed by atoms with van der Waals surface area (Å²) in [5.41, 5.74) is 1.77. The van der Waals surface area contributed by atoms with E-state index in [1.54, 1.807) is 21.2 Å². The zero-order chi connectivity index (χ0) is 20.5. The third kappa shape index (κ3) is 6.01. The van der Waals surface area contributed by atoms with Crippen LogP contribution in [0.5, 0.6) is 11.5 Å². The van der Waals surface area contributed by atoms with Gasteiger partial charge in [-0.2, -0.15) is 0 Å². The molecule has 0 saturated carbocycles. The number of ether oxygens (including phenoxy) is 2. The van der Waals surface area contributed by atoms with Crippen molar-refractivity contribution in [2.24, 2.45) is 0 Å². The molecule has 28 heavy (non-hydrogen) atoms. The van der Waals surface area contributed by atoms with Crippen molar-refractivity contribution < 1.29 is 19.1 Å². The lowest BCUT2D eigenvalue weighted by molar-refractivity contribution is -0.130. The van der Waals surface area contributed by atoms with Crippen LogP contribution in [0.2, 0.25) is 0 Å². The third-order valence-corrected chi connectivity index (χ3v) is 4.41. The monoisotopic (exact) mass is 384 g/mol. The lowest BCUT2D eigenvalue weighted by Crippen LogP contribution is -2.30. The molecule has 0 aliphatic heterocycles. The van der Waals surface area contributed by atoms with Gasteiger partial charge in [-0.3, -0.25) is 9.59 Å². The molecule has 2 aromatic rings. The van der Waals surface area contributed by atoms with Crippen molar-refractivity contribution in [3.05, 3.63) is 59.7 Å². The highest BCUT2D eigenvalue weighted by Crippen LogP contribution is 2.27. The zero-order valence-corrected chi connectivity index (χ0v) is 16.9. The number of para-hydroxylation sites is 1. The summed E-state index contributed by atoms with van der Waals surface area (Å²) in [5, 5.41) is 3.07. The van der Waals surface area contributed by atoms with Crippen LogP contribution in [-0.2, 0) is 16.0 Å². The SMILES string of the molecule is CCC(NC(=O)Cc1ccc(OC)cc1)c1ccccc1OCC(=O)N(C)C. The molecule has 1 unspecified atom stereocenters. The van der Waals surface area contributed by atoms with Crippen LogP contribution in [0.3, 0.4) is 0 Å². The fourth-order valence-electron chi connectivity index (χ4n) is 2.74. The van der Waals surface area contributed by atoms with Gasteiger partial charge in [-0.05, 0) is 30.2 Å². The van der Waals surface area contributed by atoms with Crippen molar-refractivity contribution in [2.75, 3.05) is 27.8 Å². The second kappa shape index (κ2) is 10.3. The Morgan fingerprint density at radius 3 is 2.36 bits per heavy atom. The van der Waals surface area contributed by atoms with Crippen LogP contribution in [0.15, 0.2) is 48.5 Å². The first kappa shape index (κ1) is 21.3. The first-order chi connectivity index (χ1) is 13.4. The van der Waals surface area contributed by atoms with Gasteiger partial charge in [-0.1, -0.05) is 37.3 Å². The van der Waals surface area contributed by atoms with Crippen LogP contribution in [0, 0.1) is 0 Å². The van der Waals surface area contributed by atoms with Gasteiger partial charge >= 0.3 is 0 Å². The molecular formula is C22H28N2O4. The first-order valence-electron chi connectivity index (χ1n) is 9.28.